The van der Waals surface area contributed by atoms with Gasteiger partial charge in [-0.3, -0.25) is 0 Å². The molecule has 1 aromatic carbocycles. The van der Waals surface area contributed by atoms with Crippen molar-refractivity contribution in [2.75, 3.05) is 20.8 Å². The van der Waals surface area contributed by atoms with Crippen LogP contribution in [0.2, 0.25) is 0 Å². The van der Waals surface area contributed by atoms with Crippen molar-refractivity contribution in [2.45, 2.75) is 44.6 Å². The van der Waals surface area contributed by atoms with Crippen molar-refractivity contribution in [1.82, 2.24) is 0 Å². The molecular formula is C19H24N2O3. The molecule has 5 nitrogen and oxygen atoms in total. The summed E-state index contributed by atoms with van der Waals surface area (Å²) in [4.78, 5) is 4.64. The molecule has 0 aromatic heterocycles. The molecule has 0 spiro atoms. The Morgan fingerprint density at radius 2 is 2.12 bits per heavy atom. The van der Waals surface area contributed by atoms with Crippen LogP contribution in [0, 0.1) is 17.2 Å². The number of rotatable bonds is 4. The Hall–Kier alpha value is -2.22. The Labute approximate surface area is 143 Å². The van der Waals surface area contributed by atoms with Crippen LogP contribution in [0.3, 0.4) is 0 Å². The van der Waals surface area contributed by atoms with Gasteiger partial charge in [0.1, 0.15) is 6.61 Å². The summed E-state index contributed by atoms with van der Waals surface area (Å²) in [5.74, 6) is 2.30. The Morgan fingerprint density at radius 1 is 1.33 bits per heavy atom. The minimum absolute atomic E-state index is 0.152. The Bertz CT molecular complexity index is 703. The third kappa shape index (κ3) is 2.93. The highest BCUT2D eigenvalue weighted by Crippen LogP contribution is 2.45. The summed E-state index contributed by atoms with van der Waals surface area (Å²) in [6, 6.07) is 6.37. The standard InChI is InChI=1S/C19H24N2O3/c1-19(2)11-24-17(21-19)9-12-5-6-14-13(15(12)10-20)7-8-16(22-3)18(14)23-4/h7-8,12,15H,5-6,9,11H2,1-4H3. The molecule has 1 aliphatic carbocycles. The first kappa shape index (κ1) is 16.6. The lowest BCUT2D eigenvalue weighted by Crippen LogP contribution is -2.23. The number of ether oxygens (including phenoxy) is 3. The lowest BCUT2D eigenvalue weighted by Gasteiger charge is -2.30. The van der Waals surface area contributed by atoms with Crippen LogP contribution in [0.25, 0.3) is 0 Å². The molecule has 5 heteroatoms. The van der Waals surface area contributed by atoms with Gasteiger partial charge in [-0.25, -0.2) is 4.99 Å². The predicted octanol–water partition coefficient (Wildman–Crippen LogP) is 3.47. The van der Waals surface area contributed by atoms with Crippen molar-refractivity contribution in [1.29, 1.82) is 5.26 Å². The van der Waals surface area contributed by atoms with E-state index in [0.717, 1.165) is 47.8 Å². The number of nitrogens with zero attached hydrogens (tertiary/aromatic N) is 2. The topological polar surface area (TPSA) is 63.8 Å². The highest BCUT2D eigenvalue weighted by Gasteiger charge is 2.35. The Balaban J connectivity index is 1.89. The molecule has 0 N–H and O–H groups in total. The average Bonchev–Trinajstić information content (AvgIpc) is 2.91. The zero-order chi connectivity index (χ0) is 17.3. The van der Waals surface area contributed by atoms with Crippen LogP contribution in [0.5, 0.6) is 11.5 Å². The Kier molecular flexibility index (Phi) is 4.40. The molecule has 1 aromatic rings. The molecule has 1 aliphatic heterocycles. The van der Waals surface area contributed by atoms with Crippen molar-refractivity contribution >= 4 is 5.90 Å². The highest BCUT2D eigenvalue weighted by molar-refractivity contribution is 5.78. The molecule has 0 saturated heterocycles. The van der Waals surface area contributed by atoms with Gasteiger partial charge in [0.25, 0.3) is 0 Å². The summed E-state index contributed by atoms with van der Waals surface area (Å²) >= 11 is 0. The number of hydrogen-bond donors (Lipinski definition) is 0. The minimum Gasteiger partial charge on any atom is -0.493 e. The third-order valence-electron chi connectivity index (χ3n) is 4.85. The summed E-state index contributed by atoms with van der Waals surface area (Å²) in [6.45, 7) is 4.75. The summed E-state index contributed by atoms with van der Waals surface area (Å²) in [7, 11) is 3.28. The number of hydrogen-bond acceptors (Lipinski definition) is 5. The van der Waals surface area contributed by atoms with E-state index in [0.29, 0.717) is 6.61 Å². The van der Waals surface area contributed by atoms with E-state index in [1.165, 1.54) is 0 Å². The fourth-order valence-corrected chi connectivity index (χ4v) is 3.69. The largest absolute Gasteiger partial charge is 0.493 e. The minimum atomic E-state index is -0.177. The zero-order valence-electron chi connectivity index (χ0n) is 14.8. The number of aliphatic imine (C=N–C) groups is 1. The van der Waals surface area contributed by atoms with E-state index in [1.807, 2.05) is 12.1 Å². The summed E-state index contributed by atoms with van der Waals surface area (Å²) in [6.07, 6.45) is 2.50. The molecule has 2 aliphatic rings. The van der Waals surface area contributed by atoms with Crippen LogP contribution in [0.15, 0.2) is 17.1 Å². The zero-order valence-corrected chi connectivity index (χ0v) is 14.8. The van der Waals surface area contributed by atoms with E-state index in [4.69, 9.17) is 14.2 Å². The first-order valence-corrected chi connectivity index (χ1v) is 8.34. The number of benzene rings is 1. The maximum atomic E-state index is 9.77. The van der Waals surface area contributed by atoms with Crippen molar-refractivity contribution in [3.63, 3.8) is 0 Å². The van der Waals surface area contributed by atoms with E-state index < -0.39 is 0 Å². The van der Waals surface area contributed by atoms with E-state index in [2.05, 4.69) is 24.9 Å². The van der Waals surface area contributed by atoms with Crippen molar-refractivity contribution in [3.8, 4) is 17.6 Å². The lowest BCUT2D eigenvalue weighted by atomic mass is 9.74. The van der Waals surface area contributed by atoms with E-state index >= 15 is 0 Å². The van der Waals surface area contributed by atoms with Gasteiger partial charge in [-0.15, -0.1) is 0 Å². The summed E-state index contributed by atoms with van der Waals surface area (Å²) in [5, 5.41) is 9.77. The van der Waals surface area contributed by atoms with Crippen LogP contribution in [0.4, 0.5) is 0 Å². The van der Waals surface area contributed by atoms with Crippen molar-refractivity contribution in [2.24, 2.45) is 10.9 Å². The van der Waals surface area contributed by atoms with E-state index in [1.54, 1.807) is 14.2 Å². The summed E-state index contributed by atoms with van der Waals surface area (Å²) < 4.78 is 16.7. The van der Waals surface area contributed by atoms with Gasteiger partial charge in [0.2, 0.25) is 0 Å². The van der Waals surface area contributed by atoms with Gasteiger partial charge in [0, 0.05) is 12.0 Å². The molecule has 3 rings (SSSR count). The van der Waals surface area contributed by atoms with Gasteiger partial charge in [0.05, 0.1) is 31.7 Å². The van der Waals surface area contributed by atoms with Gasteiger partial charge in [-0.1, -0.05) is 6.07 Å². The molecule has 0 radical (unpaired) electrons. The van der Waals surface area contributed by atoms with Crippen LogP contribution in [-0.2, 0) is 11.2 Å². The first-order chi connectivity index (χ1) is 11.5. The van der Waals surface area contributed by atoms with Crippen LogP contribution >= 0.6 is 0 Å². The quantitative estimate of drug-likeness (QED) is 0.849. The van der Waals surface area contributed by atoms with E-state index in [9.17, 15) is 5.26 Å². The van der Waals surface area contributed by atoms with E-state index in [-0.39, 0.29) is 17.4 Å². The molecular weight excluding hydrogens is 304 g/mol. The predicted molar refractivity (Wildman–Crippen MR) is 91.8 cm³/mol. The third-order valence-corrected chi connectivity index (χ3v) is 4.85. The van der Waals surface area contributed by atoms with Crippen LogP contribution in [-0.4, -0.2) is 32.3 Å². The SMILES string of the molecule is COc1ccc2c(c1OC)CCC(CC1=NC(C)(C)CO1)C2C#N. The van der Waals surface area contributed by atoms with Crippen LogP contribution < -0.4 is 9.47 Å². The molecule has 0 fully saturated rings. The number of methoxy groups -OCH3 is 2. The van der Waals surface area contributed by atoms with Gasteiger partial charge < -0.3 is 14.2 Å². The molecule has 0 bridgehead atoms. The lowest BCUT2D eigenvalue weighted by molar-refractivity contribution is 0.266. The Morgan fingerprint density at radius 3 is 2.71 bits per heavy atom. The second-order valence-electron chi connectivity index (χ2n) is 7.09. The summed E-state index contributed by atoms with van der Waals surface area (Å²) in [5.41, 5.74) is 1.99. The maximum Gasteiger partial charge on any atom is 0.184 e. The first-order valence-electron chi connectivity index (χ1n) is 8.34. The molecule has 24 heavy (non-hydrogen) atoms. The normalized spacial score (nSPS) is 24.4. The monoisotopic (exact) mass is 328 g/mol. The molecule has 128 valence electrons. The molecule has 1 heterocycles. The van der Waals surface area contributed by atoms with Gasteiger partial charge in [0.15, 0.2) is 17.4 Å². The van der Waals surface area contributed by atoms with Gasteiger partial charge >= 0.3 is 0 Å². The average molecular weight is 328 g/mol. The second-order valence-corrected chi connectivity index (χ2v) is 7.09. The second kappa shape index (κ2) is 6.35. The molecule has 0 amide bonds. The fraction of sp³-hybridized carbons (Fsp3) is 0.579. The maximum absolute atomic E-state index is 9.77. The fourth-order valence-electron chi connectivity index (χ4n) is 3.69. The van der Waals surface area contributed by atoms with Gasteiger partial charge in [-0.05, 0) is 44.2 Å². The highest BCUT2D eigenvalue weighted by atomic mass is 16.5. The smallest absolute Gasteiger partial charge is 0.184 e. The molecule has 2 unspecified atom stereocenters. The van der Waals surface area contributed by atoms with Crippen LogP contribution in [0.1, 0.15) is 43.7 Å². The molecule has 0 saturated carbocycles. The van der Waals surface area contributed by atoms with Crippen molar-refractivity contribution in [3.05, 3.63) is 23.3 Å². The number of fused-ring (bicyclic) bond motifs is 1. The number of nitriles is 1. The molecule has 2 atom stereocenters. The van der Waals surface area contributed by atoms with Gasteiger partial charge in [-0.2, -0.15) is 5.26 Å². The van der Waals surface area contributed by atoms with Crippen molar-refractivity contribution < 1.29 is 14.2 Å².